The van der Waals surface area contributed by atoms with Crippen LogP contribution < -0.4 is 10.1 Å². The molecule has 1 amide bonds. The Balaban J connectivity index is 1.79. The first kappa shape index (κ1) is 16.8. The average Bonchev–Trinajstić information content (AvgIpc) is 3.15. The summed E-state index contributed by atoms with van der Waals surface area (Å²) in [5, 5.41) is 8.02. The third kappa shape index (κ3) is 2.88. The van der Waals surface area contributed by atoms with Crippen LogP contribution in [0, 0.1) is 6.92 Å². The maximum atomic E-state index is 12.7. The summed E-state index contributed by atoms with van der Waals surface area (Å²) in [7, 11) is 0. The summed E-state index contributed by atoms with van der Waals surface area (Å²) >= 11 is 6.13. The quantitative estimate of drug-likeness (QED) is 0.887. The lowest BCUT2D eigenvalue weighted by molar-refractivity contribution is 0.0929. The summed E-state index contributed by atoms with van der Waals surface area (Å²) < 4.78 is 7.57. The third-order valence-corrected chi connectivity index (χ3v) is 4.95. The van der Waals surface area contributed by atoms with Gasteiger partial charge in [-0.25, -0.2) is 0 Å². The number of benzene rings is 1. The van der Waals surface area contributed by atoms with E-state index in [0.717, 1.165) is 24.1 Å². The predicted octanol–water partition coefficient (Wildman–Crippen LogP) is 4.07. The lowest BCUT2D eigenvalue weighted by Gasteiger charge is -2.16. The fraction of sp³-hybridized carbons (Fsp3) is 0.444. The van der Waals surface area contributed by atoms with Crippen molar-refractivity contribution in [2.45, 2.75) is 45.7 Å². The summed E-state index contributed by atoms with van der Waals surface area (Å²) in [6, 6.07) is 5.71. The van der Waals surface area contributed by atoms with Crippen LogP contribution in [-0.2, 0) is 0 Å². The van der Waals surface area contributed by atoms with Gasteiger partial charge in [-0.3, -0.25) is 9.48 Å². The van der Waals surface area contributed by atoms with E-state index >= 15 is 0 Å². The molecule has 6 heteroatoms. The molecule has 2 aromatic rings. The Morgan fingerprint density at radius 1 is 1.46 bits per heavy atom. The number of nitrogens with zero attached hydrogens (tertiary/aromatic N) is 2. The molecule has 24 heavy (non-hydrogen) atoms. The van der Waals surface area contributed by atoms with E-state index in [-0.39, 0.29) is 11.9 Å². The molecule has 2 heterocycles. The number of carbonyl (C=O) groups excluding carboxylic acids is 1. The molecule has 1 aromatic carbocycles. The zero-order valence-corrected chi connectivity index (χ0v) is 14.9. The minimum absolute atomic E-state index is 0.133. The van der Waals surface area contributed by atoms with Crippen LogP contribution >= 0.6 is 11.6 Å². The number of ether oxygens (including phenoxy) is 1. The Morgan fingerprint density at radius 3 is 2.92 bits per heavy atom. The zero-order valence-electron chi connectivity index (χ0n) is 14.2. The molecule has 0 radical (unpaired) electrons. The second kappa shape index (κ2) is 6.85. The van der Waals surface area contributed by atoms with Gasteiger partial charge in [-0.15, -0.1) is 0 Å². The van der Waals surface area contributed by atoms with Gasteiger partial charge in [-0.2, -0.15) is 5.10 Å². The highest BCUT2D eigenvalue weighted by Gasteiger charge is 2.28. The summed E-state index contributed by atoms with van der Waals surface area (Å²) in [5.41, 5.74) is 2.42. The molecule has 1 aliphatic rings. The molecule has 0 saturated carbocycles. The van der Waals surface area contributed by atoms with Crippen LogP contribution in [0.25, 0.3) is 0 Å². The summed E-state index contributed by atoms with van der Waals surface area (Å²) in [6.45, 7) is 6.60. The maximum absolute atomic E-state index is 12.7. The van der Waals surface area contributed by atoms with Crippen LogP contribution in [0.3, 0.4) is 0 Å². The molecule has 0 spiro atoms. The van der Waals surface area contributed by atoms with Crippen molar-refractivity contribution in [2.75, 3.05) is 6.61 Å². The molecule has 1 unspecified atom stereocenters. The van der Waals surface area contributed by atoms with E-state index in [1.165, 1.54) is 0 Å². The van der Waals surface area contributed by atoms with Crippen LogP contribution in [0.1, 0.15) is 60.4 Å². The van der Waals surface area contributed by atoms with E-state index in [4.69, 9.17) is 16.3 Å². The molecule has 0 bridgehead atoms. The zero-order chi connectivity index (χ0) is 17.3. The van der Waals surface area contributed by atoms with Crippen molar-refractivity contribution in [3.8, 4) is 5.75 Å². The number of aromatic nitrogens is 2. The Bertz CT molecular complexity index is 753. The van der Waals surface area contributed by atoms with Gasteiger partial charge in [0, 0.05) is 11.3 Å². The SMILES string of the molecule is CCC(CC)n1ncc(C(=O)NC2COc3c(Cl)cccc32)c1C. The molecule has 0 aliphatic carbocycles. The second-order valence-electron chi connectivity index (χ2n) is 6.05. The van der Waals surface area contributed by atoms with E-state index in [1.807, 2.05) is 23.7 Å². The molecule has 0 saturated heterocycles. The normalized spacial score (nSPS) is 16.1. The maximum Gasteiger partial charge on any atom is 0.255 e. The first-order valence-corrected chi connectivity index (χ1v) is 8.70. The van der Waals surface area contributed by atoms with E-state index < -0.39 is 0 Å². The highest BCUT2D eigenvalue weighted by atomic mass is 35.5. The van der Waals surface area contributed by atoms with Crippen LogP contribution in [0.15, 0.2) is 24.4 Å². The number of nitrogens with one attached hydrogen (secondary N) is 1. The molecule has 1 aliphatic heterocycles. The van der Waals surface area contributed by atoms with E-state index in [9.17, 15) is 4.79 Å². The Kier molecular flexibility index (Phi) is 4.81. The fourth-order valence-corrected chi connectivity index (χ4v) is 3.45. The van der Waals surface area contributed by atoms with Gasteiger partial charge in [-0.1, -0.05) is 37.6 Å². The third-order valence-electron chi connectivity index (χ3n) is 4.65. The highest BCUT2D eigenvalue weighted by molar-refractivity contribution is 6.32. The molecule has 1 aromatic heterocycles. The molecule has 128 valence electrons. The first-order valence-electron chi connectivity index (χ1n) is 8.32. The second-order valence-corrected chi connectivity index (χ2v) is 6.46. The lowest BCUT2D eigenvalue weighted by Crippen LogP contribution is -2.29. The summed E-state index contributed by atoms with van der Waals surface area (Å²) in [5.74, 6) is 0.528. The molecular weight excluding hydrogens is 326 g/mol. The van der Waals surface area contributed by atoms with Gasteiger partial charge in [0.15, 0.2) is 0 Å². The van der Waals surface area contributed by atoms with Crippen LogP contribution in [-0.4, -0.2) is 22.3 Å². The van der Waals surface area contributed by atoms with Crippen LogP contribution in [0.5, 0.6) is 5.75 Å². The Hall–Kier alpha value is -2.01. The summed E-state index contributed by atoms with van der Waals surface area (Å²) in [6.07, 6.45) is 3.63. The van der Waals surface area contributed by atoms with E-state index in [0.29, 0.717) is 29.0 Å². The molecule has 3 rings (SSSR count). The van der Waals surface area contributed by atoms with Crippen molar-refractivity contribution in [1.82, 2.24) is 15.1 Å². The van der Waals surface area contributed by atoms with Gasteiger partial charge in [0.2, 0.25) is 0 Å². The van der Waals surface area contributed by atoms with Crippen molar-refractivity contribution in [1.29, 1.82) is 0 Å². The monoisotopic (exact) mass is 347 g/mol. The number of amides is 1. The molecule has 1 atom stereocenters. The highest BCUT2D eigenvalue weighted by Crippen LogP contribution is 2.38. The smallest absolute Gasteiger partial charge is 0.255 e. The summed E-state index contributed by atoms with van der Waals surface area (Å²) in [4.78, 5) is 12.7. The van der Waals surface area contributed by atoms with Crippen LogP contribution in [0.2, 0.25) is 5.02 Å². The number of hydrogen-bond acceptors (Lipinski definition) is 3. The standard InChI is InChI=1S/C18H22ClN3O2/c1-4-12(5-2)22-11(3)14(9-20-22)18(23)21-16-10-24-17-13(16)7-6-8-15(17)19/h6-9,12,16H,4-5,10H2,1-3H3,(H,21,23). The van der Waals surface area contributed by atoms with Crippen molar-refractivity contribution < 1.29 is 9.53 Å². The van der Waals surface area contributed by atoms with Crippen molar-refractivity contribution in [3.63, 3.8) is 0 Å². The number of hydrogen-bond donors (Lipinski definition) is 1. The van der Waals surface area contributed by atoms with E-state index in [2.05, 4.69) is 24.3 Å². The molecule has 1 N–H and O–H groups in total. The van der Waals surface area contributed by atoms with Gasteiger partial charge in [0.1, 0.15) is 12.4 Å². The van der Waals surface area contributed by atoms with Crippen LogP contribution in [0.4, 0.5) is 0 Å². The van der Waals surface area contributed by atoms with Gasteiger partial charge in [0.05, 0.1) is 28.9 Å². The molecule has 5 nitrogen and oxygen atoms in total. The minimum atomic E-state index is -0.193. The minimum Gasteiger partial charge on any atom is -0.489 e. The number of para-hydroxylation sites is 1. The van der Waals surface area contributed by atoms with Gasteiger partial charge in [-0.05, 0) is 25.8 Å². The number of carbonyl (C=O) groups is 1. The van der Waals surface area contributed by atoms with Gasteiger partial charge in [0.25, 0.3) is 5.91 Å². The number of halogens is 1. The fourth-order valence-electron chi connectivity index (χ4n) is 3.21. The molecule has 0 fully saturated rings. The van der Waals surface area contributed by atoms with E-state index in [1.54, 1.807) is 12.3 Å². The van der Waals surface area contributed by atoms with Gasteiger partial charge < -0.3 is 10.1 Å². The van der Waals surface area contributed by atoms with Crippen molar-refractivity contribution in [3.05, 3.63) is 46.2 Å². The average molecular weight is 348 g/mol. The van der Waals surface area contributed by atoms with Crippen molar-refractivity contribution >= 4 is 17.5 Å². The number of rotatable bonds is 5. The number of fused-ring (bicyclic) bond motifs is 1. The lowest BCUT2D eigenvalue weighted by atomic mass is 10.1. The predicted molar refractivity (Wildman–Crippen MR) is 93.7 cm³/mol. The van der Waals surface area contributed by atoms with Crippen molar-refractivity contribution in [2.24, 2.45) is 0 Å². The van der Waals surface area contributed by atoms with Gasteiger partial charge >= 0.3 is 0 Å². The Morgan fingerprint density at radius 2 is 2.21 bits per heavy atom. The molecular formula is C18H22ClN3O2. The first-order chi connectivity index (χ1) is 11.6. The Labute approximate surface area is 147 Å². The topological polar surface area (TPSA) is 56.2 Å². The largest absolute Gasteiger partial charge is 0.489 e.